The van der Waals surface area contributed by atoms with Crippen LogP contribution in [-0.4, -0.2) is 42.3 Å². The first-order valence-electron chi connectivity index (χ1n) is 9.47. The standard InChI is InChI=1S/C18H24BF3O5P2/c20-18(21,22)10-2-1-3-12(6-10)25-9-11(23)4-5-13-14-7-17(24)26-15(14)8-16(13)27-19(28)29/h1-3,6,11,13-16,23H,4-5,7-9,28-29H2/t11-,13+,14-,15+,16-/m1/s1. The summed E-state index contributed by atoms with van der Waals surface area (Å²) in [6, 6.07) is 4.57. The van der Waals surface area contributed by atoms with Gasteiger partial charge >= 0.3 is 18.5 Å². The summed E-state index contributed by atoms with van der Waals surface area (Å²) in [4.78, 5) is 11.6. The van der Waals surface area contributed by atoms with Crippen molar-refractivity contribution in [1.82, 2.24) is 0 Å². The van der Waals surface area contributed by atoms with Crippen LogP contribution in [0.4, 0.5) is 13.2 Å². The van der Waals surface area contributed by atoms with E-state index < -0.39 is 17.8 Å². The minimum Gasteiger partial charge on any atom is -0.491 e. The summed E-state index contributed by atoms with van der Waals surface area (Å²) in [5.74, 6) is -0.00840. The van der Waals surface area contributed by atoms with Gasteiger partial charge in [0.15, 0.2) is 0 Å². The lowest BCUT2D eigenvalue weighted by Crippen LogP contribution is -2.28. The number of halogens is 3. The van der Waals surface area contributed by atoms with E-state index in [1.165, 1.54) is 12.1 Å². The average Bonchev–Trinajstić information content (AvgIpc) is 3.13. The lowest BCUT2D eigenvalue weighted by molar-refractivity contribution is -0.142. The molecule has 2 aliphatic rings. The van der Waals surface area contributed by atoms with Gasteiger partial charge in [0.1, 0.15) is 18.5 Å². The molecule has 1 saturated heterocycles. The van der Waals surface area contributed by atoms with Gasteiger partial charge in [-0.05, 0) is 37.0 Å². The summed E-state index contributed by atoms with van der Waals surface area (Å²) in [6.07, 6.45) is -3.64. The van der Waals surface area contributed by atoms with E-state index in [4.69, 9.17) is 14.1 Å². The van der Waals surface area contributed by atoms with Crippen LogP contribution in [0, 0.1) is 11.8 Å². The molecule has 3 rings (SSSR count). The number of alkyl halides is 3. The minimum absolute atomic E-state index is 0.0599. The number of carbonyl (C=O) groups is 1. The number of aliphatic hydroxyl groups excluding tert-OH is 1. The van der Waals surface area contributed by atoms with E-state index in [9.17, 15) is 23.1 Å². The predicted octanol–water partition coefficient (Wildman–Crippen LogP) is 3.30. The van der Waals surface area contributed by atoms with Crippen LogP contribution >= 0.6 is 18.2 Å². The summed E-state index contributed by atoms with van der Waals surface area (Å²) < 4.78 is 54.9. The molecule has 0 aromatic heterocycles. The maximum atomic E-state index is 12.8. The highest BCUT2D eigenvalue weighted by molar-refractivity contribution is 7.92. The van der Waals surface area contributed by atoms with Crippen LogP contribution < -0.4 is 4.74 Å². The number of fused-ring (bicyclic) bond motifs is 1. The number of rotatable bonds is 8. The van der Waals surface area contributed by atoms with Crippen LogP contribution in [0.5, 0.6) is 5.75 Å². The topological polar surface area (TPSA) is 65.0 Å². The van der Waals surface area contributed by atoms with Gasteiger partial charge in [0.2, 0.25) is 0 Å². The second kappa shape index (κ2) is 9.51. The second-order valence-corrected chi connectivity index (χ2v) is 9.59. The molecule has 2 unspecified atom stereocenters. The summed E-state index contributed by atoms with van der Waals surface area (Å²) in [5, 5.41) is 10.3. The van der Waals surface area contributed by atoms with Crippen molar-refractivity contribution in [3.63, 3.8) is 0 Å². The lowest BCUT2D eigenvalue weighted by Gasteiger charge is -2.25. The third kappa shape index (κ3) is 6.07. The molecule has 1 N–H and O–H groups in total. The smallest absolute Gasteiger partial charge is 0.416 e. The van der Waals surface area contributed by atoms with Crippen molar-refractivity contribution in [2.24, 2.45) is 11.8 Å². The Morgan fingerprint density at radius 3 is 2.79 bits per heavy atom. The van der Waals surface area contributed by atoms with E-state index in [0.717, 1.165) is 12.1 Å². The zero-order valence-corrected chi connectivity index (χ0v) is 18.0. The Hall–Kier alpha value is -0.875. The molecule has 1 saturated carbocycles. The number of esters is 1. The number of ether oxygens (including phenoxy) is 2. The Bertz CT molecular complexity index is 721. The molecule has 1 aromatic carbocycles. The van der Waals surface area contributed by atoms with Gasteiger partial charge in [0.05, 0.1) is 18.1 Å². The molecular weight excluding hydrogens is 426 g/mol. The fourth-order valence-corrected chi connectivity index (χ4v) is 4.54. The van der Waals surface area contributed by atoms with Crippen LogP contribution in [0.15, 0.2) is 24.3 Å². The van der Waals surface area contributed by atoms with Gasteiger partial charge in [-0.3, -0.25) is 4.79 Å². The average molecular weight is 450 g/mol. The molecule has 29 heavy (non-hydrogen) atoms. The molecule has 0 amide bonds. The van der Waals surface area contributed by atoms with Crippen molar-refractivity contribution in [1.29, 1.82) is 0 Å². The highest BCUT2D eigenvalue weighted by Gasteiger charge is 2.50. The Labute approximate surface area is 172 Å². The van der Waals surface area contributed by atoms with Gasteiger partial charge in [0.25, 0.3) is 0 Å². The maximum Gasteiger partial charge on any atom is 0.416 e. The Kier molecular flexibility index (Phi) is 7.48. The Morgan fingerprint density at radius 1 is 1.34 bits per heavy atom. The van der Waals surface area contributed by atoms with Gasteiger partial charge in [-0.25, -0.2) is 0 Å². The van der Waals surface area contributed by atoms with Gasteiger partial charge < -0.3 is 19.2 Å². The molecule has 0 radical (unpaired) electrons. The number of hydrogen-bond donors (Lipinski definition) is 1. The molecule has 11 heteroatoms. The van der Waals surface area contributed by atoms with E-state index in [2.05, 4.69) is 18.2 Å². The monoisotopic (exact) mass is 450 g/mol. The van der Waals surface area contributed by atoms with E-state index in [0.29, 0.717) is 25.7 Å². The van der Waals surface area contributed by atoms with Crippen molar-refractivity contribution in [2.45, 2.75) is 50.2 Å². The molecule has 0 spiro atoms. The normalized spacial score (nSPS) is 27.4. The third-order valence-electron chi connectivity index (χ3n) is 5.42. The predicted molar refractivity (Wildman–Crippen MR) is 108 cm³/mol. The first-order valence-corrected chi connectivity index (χ1v) is 10.8. The summed E-state index contributed by atoms with van der Waals surface area (Å²) in [7, 11) is 5.10. The zero-order valence-electron chi connectivity index (χ0n) is 15.7. The second-order valence-electron chi connectivity index (χ2n) is 7.50. The van der Waals surface area contributed by atoms with Crippen molar-refractivity contribution in [2.75, 3.05) is 6.61 Å². The molecule has 1 aliphatic carbocycles. The fourth-order valence-electron chi connectivity index (χ4n) is 4.14. The van der Waals surface area contributed by atoms with Gasteiger partial charge in [-0.2, -0.15) is 13.2 Å². The number of carbonyl (C=O) groups excluding carboxylic acids is 1. The molecule has 5 nitrogen and oxygen atoms in total. The fraction of sp³-hybridized carbons (Fsp3) is 0.611. The highest BCUT2D eigenvalue weighted by Crippen LogP contribution is 2.45. The van der Waals surface area contributed by atoms with Crippen LogP contribution in [0.2, 0.25) is 0 Å². The van der Waals surface area contributed by atoms with E-state index in [-0.39, 0.29) is 48.7 Å². The van der Waals surface area contributed by atoms with Gasteiger partial charge in [-0.1, -0.05) is 6.07 Å². The van der Waals surface area contributed by atoms with E-state index in [1.807, 2.05) is 0 Å². The summed E-state index contributed by atoms with van der Waals surface area (Å²) >= 11 is 0. The Morgan fingerprint density at radius 2 is 2.10 bits per heavy atom. The van der Waals surface area contributed by atoms with Gasteiger partial charge in [0, 0.05) is 18.4 Å². The molecule has 1 aromatic rings. The molecule has 1 aliphatic heterocycles. The minimum atomic E-state index is -4.44. The largest absolute Gasteiger partial charge is 0.491 e. The van der Waals surface area contributed by atoms with Crippen LogP contribution in [0.1, 0.15) is 31.2 Å². The highest BCUT2D eigenvalue weighted by atomic mass is 31.1. The molecule has 7 atom stereocenters. The first kappa shape index (κ1) is 22.8. The molecule has 1 heterocycles. The molecule has 160 valence electrons. The maximum absolute atomic E-state index is 12.8. The lowest BCUT2D eigenvalue weighted by atomic mass is 9.87. The van der Waals surface area contributed by atoms with Crippen molar-refractivity contribution in [3.8, 4) is 5.75 Å². The number of benzene rings is 1. The molecular formula is C18H24BF3O5P2. The quantitative estimate of drug-likeness (QED) is 0.374. The summed E-state index contributed by atoms with van der Waals surface area (Å²) in [6.45, 7) is -0.112. The molecule has 0 bridgehead atoms. The Balaban J connectivity index is 1.52. The number of aliphatic hydroxyl groups is 1. The van der Waals surface area contributed by atoms with E-state index in [1.54, 1.807) is 0 Å². The van der Waals surface area contributed by atoms with Crippen LogP contribution in [0.3, 0.4) is 0 Å². The zero-order chi connectivity index (χ0) is 21.2. The third-order valence-corrected chi connectivity index (χ3v) is 5.74. The molecule has 2 fully saturated rings. The summed E-state index contributed by atoms with van der Waals surface area (Å²) in [5.41, 5.74) is -0.795. The van der Waals surface area contributed by atoms with Gasteiger partial charge in [-0.15, -0.1) is 18.2 Å². The van der Waals surface area contributed by atoms with Crippen molar-refractivity contribution < 1.29 is 37.2 Å². The van der Waals surface area contributed by atoms with Crippen molar-refractivity contribution >= 4 is 30.6 Å². The SMILES string of the molecule is O=C1C[C@@H]2[C@H](CC[C@@H](O)COc3cccc(C(F)(F)F)c3)[C@H](OB(P)P)C[C@@H]2O1. The van der Waals surface area contributed by atoms with Crippen molar-refractivity contribution in [3.05, 3.63) is 29.8 Å². The van der Waals surface area contributed by atoms with Crippen LogP contribution in [-0.2, 0) is 20.4 Å². The number of hydrogen-bond acceptors (Lipinski definition) is 5. The van der Waals surface area contributed by atoms with Crippen LogP contribution in [0.25, 0.3) is 0 Å². The van der Waals surface area contributed by atoms with E-state index >= 15 is 0 Å². The first-order chi connectivity index (χ1) is 13.6.